The highest BCUT2D eigenvalue weighted by molar-refractivity contribution is 5.86. The van der Waals surface area contributed by atoms with Crippen molar-refractivity contribution in [2.75, 3.05) is 26.7 Å². The Morgan fingerprint density at radius 3 is 2.40 bits per heavy atom. The van der Waals surface area contributed by atoms with Crippen LogP contribution in [0.25, 0.3) is 10.9 Å². The van der Waals surface area contributed by atoms with Gasteiger partial charge in [-0.05, 0) is 42.6 Å². The topological polar surface area (TPSA) is 51.4 Å². The largest absolute Gasteiger partial charge is 0.361 e. The van der Waals surface area contributed by atoms with E-state index in [1.165, 1.54) is 22.1 Å². The molecule has 0 spiro atoms. The number of hydrogen-bond donors (Lipinski definition) is 2. The zero-order valence-electron chi connectivity index (χ0n) is 20.4. The summed E-state index contributed by atoms with van der Waals surface area (Å²) in [5, 5.41) is 4.69. The molecule has 0 saturated carbocycles. The smallest absolute Gasteiger partial charge is 0.240 e. The molecule has 2 heterocycles. The van der Waals surface area contributed by atoms with Crippen molar-refractivity contribution in [1.82, 2.24) is 20.1 Å². The number of likely N-dealkylation sites (N-methyl/N-ethyl adjacent to an activating group) is 1. The van der Waals surface area contributed by atoms with E-state index in [0.717, 1.165) is 38.1 Å². The number of amides is 1. The molecule has 1 fully saturated rings. The summed E-state index contributed by atoms with van der Waals surface area (Å²) in [4.78, 5) is 21.6. The minimum absolute atomic E-state index is 0.117. The number of carbonyl (C=O) groups excluding carboxylic acids is 1. The number of para-hydroxylation sites is 1. The van der Waals surface area contributed by atoms with Crippen molar-refractivity contribution in [2.24, 2.45) is 0 Å². The molecule has 1 saturated heterocycles. The summed E-state index contributed by atoms with van der Waals surface area (Å²) in [5.41, 5.74) is 4.86. The molecular weight excluding hydrogens is 432 g/mol. The molecule has 5 heteroatoms. The van der Waals surface area contributed by atoms with Gasteiger partial charge in [0.25, 0.3) is 0 Å². The van der Waals surface area contributed by atoms with Gasteiger partial charge in [0.2, 0.25) is 5.91 Å². The molecule has 2 N–H and O–H groups in total. The molecule has 0 bridgehead atoms. The second-order valence-corrected chi connectivity index (χ2v) is 9.63. The summed E-state index contributed by atoms with van der Waals surface area (Å²) in [6.07, 6.45) is 3.59. The van der Waals surface area contributed by atoms with Crippen LogP contribution in [0.4, 0.5) is 0 Å². The lowest BCUT2D eigenvalue weighted by atomic mass is 9.98. The summed E-state index contributed by atoms with van der Waals surface area (Å²) in [6.45, 7) is 3.24. The van der Waals surface area contributed by atoms with Crippen LogP contribution in [0.5, 0.6) is 0 Å². The molecule has 1 aliphatic rings. The Morgan fingerprint density at radius 1 is 0.943 bits per heavy atom. The number of rotatable bonds is 9. The third kappa shape index (κ3) is 5.64. The molecule has 0 aliphatic carbocycles. The lowest BCUT2D eigenvalue weighted by molar-refractivity contribution is -0.138. The van der Waals surface area contributed by atoms with Crippen molar-refractivity contribution in [1.29, 1.82) is 0 Å². The van der Waals surface area contributed by atoms with E-state index in [1.54, 1.807) is 0 Å². The SMILES string of the molecule is CN(Cc1ccccc1)C[C@H](Cc1ccccc1)N1CCN[C@@H](Cc2c[nH]c3ccccc23)C1=O. The number of aromatic nitrogens is 1. The maximum atomic E-state index is 13.8. The van der Waals surface area contributed by atoms with Crippen molar-refractivity contribution >= 4 is 16.8 Å². The van der Waals surface area contributed by atoms with Crippen molar-refractivity contribution < 1.29 is 4.79 Å². The van der Waals surface area contributed by atoms with Crippen LogP contribution < -0.4 is 5.32 Å². The Bertz CT molecular complexity index is 1240. The van der Waals surface area contributed by atoms with Crippen LogP contribution in [0, 0.1) is 0 Å². The van der Waals surface area contributed by atoms with Gasteiger partial charge in [-0.25, -0.2) is 0 Å². The number of benzene rings is 3. The fraction of sp³-hybridized carbons (Fsp3) is 0.300. The van der Waals surface area contributed by atoms with Crippen LogP contribution >= 0.6 is 0 Å². The number of fused-ring (bicyclic) bond motifs is 1. The Kier molecular flexibility index (Phi) is 7.26. The van der Waals surface area contributed by atoms with E-state index in [1.807, 2.05) is 18.3 Å². The average molecular weight is 467 g/mol. The Morgan fingerprint density at radius 2 is 1.63 bits per heavy atom. The summed E-state index contributed by atoms with van der Waals surface area (Å²) >= 11 is 0. The van der Waals surface area contributed by atoms with Gasteiger partial charge in [0.1, 0.15) is 0 Å². The maximum Gasteiger partial charge on any atom is 0.240 e. The quantitative estimate of drug-likeness (QED) is 0.388. The molecule has 5 rings (SSSR count). The van der Waals surface area contributed by atoms with Crippen molar-refractivity contribution in [3.05, 3.63) is 108 Å². The zero-order chi connectivity index (χ0) is 24.0. The second-order valence-electron chi connectivity index (χ2n) is 9.63. The van der Waals surface area contributed by atoms with E-state index in [-0.39, 0.29) is 18.0 Å². The molecular formula is C30H34N4O. The monoisotopic (exact) mass is 466 g/mol. The fourth-order valence-corrected chi connectivity index (χ4v) is 5.28. The predicted octanol–water partition coefficient (Wildman–Crippen LogP) is 4.25. The highest BCUT2D eigenvalue weighted by Crippen LogP contribution is 2.22. The second kappa shape index (κ2) is 10.9. The minimum atomic E-state index is -0.208. The number of nitrogens with one attached hydrogen (secondary N) is 2. The van der Waals surface area contributed by atoms with Gasteiger partial charge in [0.05, 0.1) is 6.04 Å². The number of hydrogen-bond acceptors (Lipinski definition) is 3. The first-order valence-corrected chi connectivity index (χ1v) is 12.5. The van der Waals surface area contributed by atoms with Gasteiger partial charge in [-0.15, -0.1) is 0 Å². The van der Waals surface area contributed by atoms with Crippen molar-refractivity contribution in [3.63, 3.8) is 0 Å². The molecule has 0 radical (unpaired) electrons. The highest BCUT2D eigenvalue weighted by atomic mass is 16.2. The van der Waals surface area contributed by atoms with Gasteiger partial charge in [-0.2, -0.15) is 0 Å². The van der Waals surface area contributed by atoms with Crippen LogP contribution in [-0.4, -0.2) is 59.5 Å². The van der Waals surface area contributed by atoms with E-state index < -0.39 is 0 Å². The normalized spacial score (nSPS) is 17.3. The van der Waals surface area contributed by atoms with Gasteiger partial charge in [0.15, 0.2) is 0 Å². The number of nitrogens with zero attached hydrogens (tertiary/aromatic N) is 2. The van der Waals surface area contributed by atoms with Gasteiger partial charge in [-0.3, -0.25) is 4.79 Å². The van der Waals surface area contributed by atoms with E-state index in [0.29, 0.717) is 6.42 Å². The number of H-pyrrole nitrogens is 1. The Labute approximate surface area is 207 Å². The average Bonchev–Trinajstić information content (AvgIpc) is 3.29. The lowest BCUT2D eigenvalue weighted by Gasteiger charge is -2.40. The van der Waals surface area contributed by atoms with Crippen LogP contribution in [-0.2, 0) is 24.2 Å². The standard InChI is InChI=1S/C30H34N4O/c1-33(21-24-12-6-3-7-13-24)22-26(18-23-10-4-2-5-11-23)34-17-16-31-29(30(34)35)19-25-20-32-28-15-9-8-14-27(25)28/h2-15,20,26,29,31-32H,16-19,21-22H2,1H3/t26-,29-/m0/s1. The summed E-state index contributed by atoms with van der Waals surface area (Å²) < 4.78 is 0. The molecule has 35 heavy (non-hydrogen) atoms. The number of aromatic amines is 1. The molecule has 5 nitrogen and oxygen atoms in total. The van der Waals surface area contributed by atoms with Crippen molar-refractivity contribution in [3.8, 4) is 0 Å². The third-order valence-electron chi connectivity index (χ3n) is 7.00. The minimum Gasteiger partial charge on any atom is -0.361 e. The molecule has 1 amide bonds. The van der Waals surface area contributed by atoms with Gasteiger partial charge in [0, 0.05) is 49.3 Å². The molecule has 1 aliphatic heterocycles. The van der Waals surface area contributed by atoms with Gasteiger partial charge in [-0.1, -0.05) is 78.9 Å². The van der Waals surface area contributed by atoms with Crippen LogP contribution in [0.3, 0.4) is 0 Å². The highest BCUT2D eigenvalue weighted by Gasteiger charge is 2.34. The van der Waals surface area contributed by atoms with Crippen molar-refractivity contribution in [2.45, 2.75) is 31.5 Å². The first-order valence-electron chi connectivity index (χ1n) is 12.5. The van der Waals surface area contributed by atoms with Crippen LogP contribution in [0.2, 0.25) is 0 Å². The predicted molar refractivity (Wildman–Crippen MR) is 142 cm³/mol. The molecule has 3 aromatic carbocycles. The molecule has 4 aromatic rings. The first kappa shape index (κ1) is 23.3. The van der Waals surface area contributed by atoms with Crippen LogP contribution in [0.15, 0.2) is 91.1 Å². The van der Waals surface area contributed by atoms with E-state index >= 15 is 0 Å². The van der Waals surface area contributed by atoms with E-state index in [4.69, 9.17) is 0 Å². The third-order valence-corrected chi connectivity index (χ3v) is 7.00. The summed E-state index contributed by atoms with van der Waals surface area (Å²) in [6, 6.07) is 29.3. The maximum absolute atomic E-state index is 13.8. The van der Waals surface area contributed by atoms with Crippen LogP contribution in [0.1, 0.15) is 16.7 Å². The molecule has 2 atom stereocenters. The lowest BCUT2D eigenvalue weighted by Crippen LogP contribution is -2.60. The molecule has 1 aromatic heterocycles. The Balaban J connectivity index is 1.34. The van der Waals surface area contributed by atoms with Gasteiger partial charge >= 0.3 is 0 Å². The molecule has 180 valence electrons. The summed E-state index contributed by atoms with van der Waals surface area (Å²) in [7, 11) is 2.15. The molecule has 0 unspecified atom stereocenters. The zero-order valence-corrected chi connectivity index (χ0v) is 20.4. The van der Waals surface area contributed by atoms with E-state index in [2.05, 4.69) is 99.9 Å². The van der Waals surface area contributed by atoms with Gasteiger partial charge < -0.3 is 20.1 Å². The summed E-state index contributed by atoms with van der Waals surface area (Å²) in [5.74, 6) is 0.204. The first-order chi connectivity index (χ1) is 17.2. The Hall–Kier alpha value is -3.41. The number of piperazine rings is 1. The van der Waals surface area contributed by atoms with E-state index in [9.17, 15) is 4.79 Å². The fourth-order valence-electron chi connectivity index (χ4n) is 5.28. The number of carbonyl (C=O) groups is 1.